The van der Waals surface area contributed by atoms with Crippen LogP contribution in [0.15, 0.2) is 58.6 Å². The van der Waals surface area contributed by atoms with Crippen molar-refractivity contribution in [3.05, 3.63) is 59.9 Å². The highest BCUT2D eigenvalue weighted by Gasteiger charge is 2.22. The topological polar surface area (TPSA) is 97.2 Å². The number of aromatic nitrogens is 3. The van der Waals surface area contributed by atoms with E-state index in [-0.39, 0.29) is 16.6 Å². The molecule has 8 nitrogen and oxygen atoms in total. The second kappa shape index (κ2) is 10.3. The number of thioether (sulfide) groups is 1. The number of sulfonamides is 1. The molecule has 1 amide bonds. The molecule has 3 aromatic rings. The molecule has 10 heteroatoms. The quantitative estimate of drug-likeness (QED) is 0.477. The number of carbonyl (C=O) groups is 1. The van der Waals surface area contributed by atoms with Gasteiger partial charge < -0.3 is 5.32 Å². The van der Waals surface area contributed by atoms with Gasteiger partial charge in [0.1, 0.15) is 5.82 Å². The highest BCUT2D eigenvalue weighted by molar-refractivity contribution is 7.99. The van der Waals surface area contributed by atoms with Crippen molar-refractivity contribution >= 4 is 33.4 Å². The zero-order chi connectivity index (χ0) is 23.3. The smallest absolute Gasteiger partial charge is 0.243 e. The van der Waals surface area contributed by atoms with Crippen molar-refractivity contribution in [3.8, 4) is 5.69 Å². The van der Waals surface area contributed by atoms with E-state index in [1.54, 1.807) is 26.0 Å². The summed E-state index contributed by atoms with van der Waals surface area (Å²) in [7, 11) is -3.61. The standard InChI is InChI=1S/C22H27N5O3S2/c1-5-26(6-2)32(29,30)19-13-12-16(3)20(14-19)23-21(28)15-31-22-25-24-17(4)27(22)18-10-8-7-9-11-18/h7-14H,5-6,15H2,1-4H3,(H,23,28). The molecular formula is C22H27N5O3S2. The van der Waals surface area contributed by atoms with Gasteiger partial charge in [-0.25, -0.2) is 8.42 Å². The minimum Gasteiger partial charge on any atom is -0.325 e. The lowest BCUT2D eigenvalue weighted by Crippen LogP contribution is -2.30. The van der Waals surface area contributed by atoms with E-state index in [0.717, 1.165) is 17.1 Å². The number of nitrogens with one attached hydrogen (secondary N) is 1. The van der Waals surface area contributed by atoms with Crippen molar-refractivity contribution in [2.45, 2.75) is 37.7 Å². The van der Waals surface area contributed by atoms with E-state index in [4.69, 9.17) is 0 Å². The summed E-state index contributed by atoms with van der Waals surface area (Å²) in [6.07, 6.45) is 0. The number of nitrogens with zero attached hydrogens (tertiary/aromatic N) is 4. The second-order valence-electron chi connectivity index (χ2n) is 7.10. The third kappa shape index (κ3) is 5.20. The molecule has 1 N–H and O–H groups in total. The summed E-state index contributed by atoms with van der Waals surface area (Å²) in [6, 6.07) is 14.5. The fourth-order valence-electron chi connectivity index (χ4n) is 3.24. The number of amides is 1. The molecule has 0 saturated carbocycles. The molecule has 0 fully saturated rings. The number of hydrogen-bond acceptors (Lipinski definition) is 6. The van der Waals surface area contributed by atoms with Gasteiger partial charge in [0.15, 0.2) is 5.16 Å². The van der Waals surface area contributed by atoms with Gasteiger partial charge in [-0.2, -0.15) is 4.31 Å². The summed E-state index contributed by atoms with van der Waals surface area (Å²) < 4.78 is 28.9. The predicted molar refractivity (Wildman–Crippen MR) is 127 cm³/mol. The van der Waals surface area contributed by atoms with Crippen molar-refractivity contribution in [3.63, 3.8) is 0 Å². The average Bonchev–Trinajstić information content (AvgIpc) is 3.15. The zero-order valence-electron chi connectivity index (χ0n) is 18.6. The van der Waals surface area contributed by atoms with Crippen LogP contribution in [0.3, 0.4) is 0 Å². The maximum atomic E-state index is 12.8. The summed E-state index contributed by atoms with van der Waals surface area (Å²) in [5.41, 5.74) is 2.18. The fourth-order valence-corrected chi connectivity index (χ4v) is 5.52. The fraction of sp³-hybridized carbons (Fsp3) is 0.318. The van der Waals surface area contributed by atoms with E-state index in [0.29, 0.717) is 23.9 Å². The first-order chi connectivity index (χ1) is 15.3. The van der Waals surface area contributed by atoms with Crippen LogP contribution in [0.4, 0.5) is 5.69 Å². The zero-order valence-corrected chi connectivity index (χ0v) is 20.2. The molecule has 1 heterocycles. The van der Waals surface area contributed by atoms with Crippen molar-refractivity contribution in [2.75, 3.05) is 24.2 Å². The molecule has 170 valence electrons. The van der Waals surface area contributed by atoms with Crippen LogP contribution in [0.2, 0.25) is 0 Å². The van der Waals surface area contributed by atoms with Crippen LogP contribution in [0.25, 0.3) is 5.69 Å². The Morgan fingerprint density at radius 3 is 2.41 bits per heavy atom. The number of benzene rings is 2. The highest BCUT2D eigenvalue weighted by Crippen LogP contribution is 2.25. The number of para-hydroxylation sites is 1. The lowest BCUT2D eigenvalue weighted by molar-refractivity contribution is -0.113. The molecule has 0 bridgehead atoms. The third-order valence-electron chi connectivity index (χ3n) is 4.97. The largest absolute Gasteiger partial charge is 0.325 e. The Morgan fingerprint density at radius 2 is 1.75 bits per heavy atom. The van der Waals surface area contributed by atoms with Gasteiger partial charge in [-0.1, -0.05) is 49.9 Å². The minimum absolute atomic E-state index is 0.109. The number of aryl methyl sites for hydroxylation is 2. The maximum Gasteiger partial charge on any atom is 0.243 e. The van der Waals surface area contributed by atoms with Gasteiger partial charge in [0.2, 0.25) is 15.9 Å². The molecule has 0 aliphatic carbocycles. The van der Waals surface area contributed by atoms with Crippen molar-refractivity contribution in [1.29, 1.82) is 0 Å². The summed E-state index contributed by atoms with van der Waals surface area (Å²) in [4.78, 5) is 12.8. The lowest BCUT2D eigenvalue weighted by atomic mass is 10.2. The first kappa shape index (κ1) is 24.0. The van der Waals surface area contributed by atoms with Crippen LogP contribution in [0.5, 0.6) is 0 Å². The summed E-state index contributed by atoms with van der Waals surface area (Å²) in [5, 5.41) is 11.8. The van der Waals surface area contributed by atoms with E-state index >= 15 is 0 Å². The van der Waals surface area contributed by atoms with Crippen LogP contribution in [-0.2, 0) is 14.8 Å². The molecule has 0 spiro atoms. The number of hydrogen-bond donors (Lipinski definition) is 1. The summed E-state index contributed by atoms with van der Waals surface area (Å²) >= 11 is 1.27. The Kier molecular flexibility index (Phi) is 7.70. The average molecular weight is 474 g/mol. The molecule has 2 aromatic carbocycles. The SMILES string of the molecule is CCN(CC)S(=O)(=O)c1ccc(C)c(NC(=O)CSc2nnc(C)n2-c2ccccc2)c1. The van der Waals surface area contributed by atoms with Crippen LogP contribution < -0.4 is 5.32 Å². The number of rotatable bonds is 9. The van der Waals surface area contributed by atoms with E-state index in [9.17, 15) is 13.2 Å². The molecule has 0 aliphatic heterocycles. The van der Waals surface area contributed by atoms with E-state index in [1.165, 1.54) is 22.1 Å². The lowest BCUT2D eigenvalue weighted by Gasteiger charge is -2.19. The van der Waals surface area contributed by atoms with Gasteiger partial charge in [0.05, 0.1) is 10.6 Å². The van der Waals surface area contributed by atoms with Crippen LogP contribution in [0.1, 0.15) is 25.2 Å². The van der Waals surface area contributed by atoms with Gasteiger partial charge in [-0.05, 0) is 43.7 Å². The van der Waals surface area contributed by atoms with Crippen LogP contribution >= 0.6 is 11.8 Å². The molecule has 0 aliphatic rings. The monoisotopic (exact) mass is 473 g/mol. The van der Waals surface area contributed by atoms with Crippen molar-refractivity contribution in [1.82, 2.24) is 19.1 Å². The molecule has 0 unspecified atom stereocenters. The molecule has 0 saturated heterocycles. The normalized spacial score (nSPS) is 11.7. The van der Waals surface area contributed by atoms with Gasteiger partial charge in [0.25, 0.3) is 0 Å². The Morgan fingerprint density at radius 1 is 1.06 bits per heavy atom. The molecule has 3 rings (SSSR count). The molecule has 0 radical (unpaired) electrons. The van der Waals surface area contributed by atoms with Gasteiger partial charge in [-0.15, -0.1) is 10.2 Å². The minimum atomic E-state index is -3.61. The number of carbonyl (C=O) groups excluding carboxylic acids is 1. The van der Waals surface area contributed by atoms with Crippen LogP contribution in [-0.4, -0.2) is 52.2 Å². The van der Waals surface area contributed by atoms with Crippen molar-refractivity contribution < 1.29 is 13.2 Å². The predicted octanol–water partition coefficient (Wildman–Crippen LogP) is 3.65. The van der Waals surface area contributed by atoms with Crippen molar-refractivity contribution in [2.24, 2.45) is 0 Å². The Bertz CT molecular complexity index is 1190. The van der Waals surface area contributed by atoms with Gasteiger partial charge in [0, 0.05) is 24.5 Å². The number of anilines is 1. The third-order valence-corrected chi connectivity index (χ3v) is 7.94. The second-order valence-corrected chi connectivity index (χ2v) is 9.98. The first-order valence-electron chi connectivity index (χ1n) is 10.3. The Hall–Kier alpha value is -2.69. The van der Waals surface area contributed by atoms with E-state index in [1.807, 2.05) is 48.7 Å². The van der Waals surface area contributed by atoms with Gasteiger partial charge >= 0.3 is 0 Å². The maximum absolute atomic E-state index is 12.8. The Labute approximate surface area is 193 Å². The first-order valence-corrected chi connectivity index (χ1v) is 12.7. The Balaban J connectivity index is 1.74. The van der Waals surface area contributed by atoms with Gasteiger partial charge in [-0.3, -0.25) is 9.36 Å². The van der Waals surface area contributed by atoms with Crippen LogP contribution in [0, 0.1) is 13.8 Å². The molecule has 1 aromatic heterocycles. The van der Waals surface area contributed by atoms with E-state index in [2.05, 4.69) is 15.5 Å². The summed E-state index contributed by atoms with van der Waals surface area (Å²) in [6.45, 7) is 8.04. The van der Waals surface area contributed by atoms with E-state index < -0.39 is 10.0 Å². The molecule has 32 heavy (non-hydrogen) atoms. The summed E-state index contributed by atoms with van der Waals surface area (Å²) in [5.74, 6) is 0.581. The molecule has 0 atom stereocenters. The highest BCUT2D eigenvalue weighted by atomic mass is 32.2. The molecular weight excluding hydrogens is 446 g/mol.